The van der Waals surface area contributed by atoms with Crippen LogP contribution in [0.15, 0.2) is 24.3 Å². The fourth-order valence-corrected chi connectivity index (χ4v) is 2.84. The normalized spacial score (nSPS) is 16.2. The van der Waals surface area contributed by atoms with Gasteiger partial charge in [-0.1, -0.05) is 0 Å². The van der Waals surface area contributed by atoms with Crippen molar-refractivity contribution >= 4 is 17.9 Å². The summed E-state index contributed by atoms with van der Waals surface area (Å²) in [4.78, 5) is 4.56. The summed E-state index contributed by atoms with van der Waals surface area (Å²) in [5, 5.41) is 8.12. The molecule has 0 amide bonds. The van der Waals surface area contributed by atoms with Crippen molar-refractivity contribution in [2.75, 3.05) is 31.1 Å². The zero-order valence-electron chi connectivity index (χ0n) is 12.5. The van der Waals surface area contributed by atoms with Crippen molar-refractivity contribution in [3.63, 3.8) is 0 Å². The van der Waals surface area contributed by atoms with Crippen LogP contribution in [0.3, 0.4) is 0 Å². The average molecular weight is 322 g/mol. The SMILES string of the molecule is CCn1nnn(CN2CCN(c3ccc(F)cc3)CC2)c1=S. The van der Waals surface area contributed by atoms with Crippen LogP contribution in [0.1, 0.15) is 6.92 Å². The molecule has 0 atom stereocenters. The molecule has 22 heavy (non-hydrogen) atoms. The third-order valence-corrected chi connectivity index (χ3v) is 4.32. The van der Waals surface area contributed by atoms with Crippen LogP contribution < -0.4 is 4.90 Å². The Labute approximate surface area is 133 Å². The molecule has 0 radical (unpaired) electrons. The molecule has 6 nitrogen and oxygen atoms in total. The third-order valence-electron chi connectivity index (χ3n) is 3.90. The van der Waals surface area contributed by atoms with Gasteiger partial charge in [-0.2, -0.15) is 0 Å². The molecule has 0 unspecified atom stereocenters. The Kier molecular flexibility index (Phi) is 4.49. The van der Waals surface area contributed by atoms with Gasteiger partial charge >= 0.3 is 0 Å². The quantitative estimate of drug-likeness (QED) is 0.802. The van der Waals surface area contributed by atoms with Crippen LogP contribution in [0.25, 0.3) is 0 Å². The molecule has 0 N–H and O–H groups in total. The van der Waals surface area contributed by atoms with Gasteiger partial charge in [-0.15, -0.1) is 0 Å². The maximum Gasteiger partial charge on any atom is 0.217 e. The van der Waals surface area contributed by atoms with Gasteiger partial charge in [0, 0.05) is 38.4 Å². The van der Waals surface area contributed by atoms with E-state index in [1.807, 2.05) is 19.1 Å². The summed E-state index contributed by atoms with van der Waals surface area (Å²) >= 11 is 5.33. The van der Waals surface area contributed by atoms with Crippen molar-refractivity contribution in [2.24, 2.45) is 0 Å². The molecule has 1 aromatic heterocycles. The van der Waals surface area contributed by atoms with E-state index in [1.165, 1.54) is 12.1 Å². The fraction of sp³-hybridized carbons (Fsp3) is 0.500. The maximum absolute atomic E-state index is 13.0. The van der Waals surface area contributed by atoms with Gasteiger partial charge in [0.25, 0.3) is 0 Å². The molecule has 1 aliphatic heterocycles. The lowest BCUT2D eigenvalue weighted by molar-refractivity contribution is 0.193. The smallest absolute Gasteiger partial charge is 0.217 e. The molecular formula is C14H19FN6S. The van der Waals surface area contributed by atoms with Crippen molar-refractivity contribution in [2.45, 2.75) is 20.1 Å². The van der Waals surface area contributed by atoms with E-state index in [-0.39, 0.29) is 5.82 Å². The van der Waals surface area contributed by atoms with Crippen molar-refractivity contribution in [1.29, 1.82) is 0 Å². The number of halogens is 1. The molecule has 0 bridgehead atoms. The van der Waals surface area contributed by atoms with Crippen molar-refractivity contribution in [3.05, 3.63) is 34.9 Å². The highest BCUT2D eigenvalue weighted by Gasteiger charge is 2.18. The molecule has 2 aromatic rings. The lowest BCUT2D eigenvalue weighted by atomic mass is 10.2. The number of benzene rings is 1. The molecule has 1 aliphatic rings. The second-order valence-electron chi connectivity index (χ2n) is 5.30. The van der Waals surface area contributed by atoms with E-state index in [4.69, 9.17) is 12.2 Å². The minimum atomic E-state index is -0.198. The molecule has 0 spiro atoms. The van der Waals surface area contributed by atoms with Crippen LogP contribution in [0, 0.1) is 10.6 Å². The number of hydrogen-bond donors (Lipinski definition) is 0. The molecule has 1 saturated heterocycles. The summed E-state index contributed by atoms with van der Waals surface area (Å²) in [6.07, 6.45) is 0. The molecule has 8 heteroatoms. The van der Waals surface area contributed by atoms with Crippen LogP contribution in [0.4, 0.5) is 10.1 Å². The molecular weight excluding hydrogens is 303 g/mol. The highest BCUT2D eigenvalue weighted by atomic mass is 32.1. The summed E-state index contributed by atoms with van der Waals surface area (Å²) in [6.45, 7) is 7.03. The molecule has 1 fully saturated rings. The summed E-state index contributed by atoms with van der Waals surface area (Å²) in [7, 11) is 0. The monoisotopic (exact) mass is 322 g/mol. The van der Waals surface area contributed by atoms with Gasteiger partial charge in [-0.05, 0) is 53.8 Å². The lowest BCUT2D eigenvalue weighted by Crippen LogP contribution is -2.47. The van der Waals surface area contributed by atoms with Crippen LogP contribution in [0.5, 0.6) is 0 Å². The summed E-state index contributed by atoms with van der Waals surface area (Å²) in [5.74, 6) is -0.198. The highest BCUT2D eigenvalue weighted by Crippen LogP contribution is 2.17. The Morgan fingerprint density at radius 3 is 2.27 bits per heavy atom. The third kappa shape index (κ3) is 3.17. The number of aromatic nitrogens is 4. The Hall–Kier alpha value is -1.80. The predicted molar refractivity (Wildman–Crippen MR) is 84.7 cm³/mol. The Morgan fingerprint density at radius 1 is 1.05 bits per heavy atom. The average Bonchev–Trinajstić information content (AvgIpc) is 2.89. The van der Waals surface area contributed by atoms with Gasteiger partial charge < -0.3 is 4.90 Å². The summed E-state index contributed by atoms with van der Waals surface area (Å²) < 4.78 is 17.1. The van der Waals surface area contributed by atoms with E-state index in [1.54, 1.807) is 9.36 Å². The zero-order valence-corrected chi connectivity index (χ0v) is 13.3. The molecule has 0 aliphatic carbocycles. The van der Waals surface area contributed by atoms with Crippen molar-refractivity contribution in [1.82, 2.24) is 24.7 Å². The maximum atomic E-state index is 13.0. The first-order valence-corrected chi connectivity index (χ1v) is 7.81. The number of anilines is 1. The Morgan fingerprint density at radius 2 is 1.68 bits per heavy atom. The molecule has 2 heterocycles. The second-order valence-corrected chi connectivity index (χ2v) is 5.66. The molecule has 0 saturated carbocycles. The van der Waals surface area contributed by atoms with E-state index < -0.39 is 0 Å². The van der Waals surface area contributed by atoms with E-state index in [0.717, 1.165) is 38.4 Å². The van der Waals surface area contributed by atoms with Gasteiger partial charge in [-0.25, -0.2) is 13.8 Å². The largest absolute Gasteiger partial charge is 0.369 e. The van der Waals surface area contributed by atoms with Crippen LogP contribution >= 0.6 is 12.2 Å². The number of hydrogen-bond acceptors (Lipinski definition) is 5. The zero-order chi connectivity index (χ0) is 15.5. The van der Waals surface area contributed by atoms with E-state index in [2.05, 4.69) is 20.2 Å². The molecule has 1 aromatic carbocycles. The number of aryl methyl sites for hydroxylation is 1. The topological polar surface area (TPSA) is 42.1 Å². The first-order valence-electron chi connectivity index (χ1n) is 7.41. The lowest BCUT2D eigenvalue weighted by Gasteiger charge is -2.35. The number of nitrogens with zero attached hydrogens (tertiary/aromatic N) is 6. The van der Waals surface area contributed by atoms with Crippen LogP contribution in [-0.2, 0) is 13.2 Å². The predicted octanol–water partition coefficient (Wildman–Crippen LogP) is 1.75. The molecule has 118 valence electrons. The van der Waals surface area contributed by atoms with Crippen LogP contribution in [0.2, 0.25) is 0 Å². The number of tetrazole rings is 1. The van der Waals surface area contributed by atoms with Gasteiger partial charge in [0.15, 0.2) is 0 Å². The number of rotatable bonds is 4. The van der Waals surface area contributed by atoms with E-state index in [0.29, 0.717) is 11.4 Å². The van der Waals surface area contributed by atoms with Crippen molar-refractivity contribution < 1.29 is 4.39 Å². The van der Waals surface area contributed by atoms with Gasteiger partial charge in [0.2, 0.25) is 4.77 Å². The Bertz CT molecular complexity index is 671. The van der Waals surface area contributed by atoms with Crippen molar-refractivity contribution in [3.8, 4) is 0 Å². The minimum Gasteiger partial charge on any atom is -0.369 e. The van der Waals surface area contributed by atoms with Gasteiger partial charge in [0.05, 0.1) is 6.67 Å². The summed E-state index contributed by atoms with van der Waals surface area (Å²) in [5.41, 5.74) is 1.06. The summed E-state index contributed by atoms with van der Waals surface area (Å²) in [6, 6.07) is 6.66. The second kappa shape index (κ2) is 6.53. The molecule has 3 rings (SSSR count). The van der Waals surface area contributed by atoms with Crippen LogP contribution in [-0.4, -0.2) is 50.9 Å². The first kappa shape index (κ1) is 15.1. The van der Waals surface area contributed by atoms with E-state index >= 15 is 0 Å². The highest BCUT2D eigenvalue weighted by molar-refractivity contribution is 7.71. The Balaban J connectivity index is 1.58. The van der Waals surface area contributed by atoms with Gasteiger partial charge in [-0.3, -0.25) is 4.90 Å². The number of piperazine rings is 1. The van der Waals surface area contributed by atoms with Gasteiger partial charge in [0.1, 0.15) is 5.82 Å². The fourth-order valence-electron chi connectivity index (χ4n) is 2.58. The standard InChI is InChI=1S/C14H19FN6S/c1-2-20-14(22)21(17-16-20)11-18-7-9-19(10-8-18)13-5-3-12(15)4-6-13/h3-6H,2,7-11H2,1H3. The van der Waals surface area contributed by atoms with E-state index in [9.17, 15) is 4.39 Å². The minimum absolute atomic E-state index is 0.198. The first-order chi connectivity index (χ1) is 10.7.